The van der Waals surface area contributed by atoms with Crippen LogP contribution in [0.25, 0.3) is 0 Å². The molecule has 1 aliphatic heterocycles. The van der Waals surface area contributed by atoms with Gasteiger partial charge in [-0.15, -0.1) is 11.8 Å². The Hall–Kier alpha value is -1.50. The Labute approximate surface area is 109 Å². The summed E-state index contributed by atoms with van der Waals surface area (Å²) in [7, 11) is 1.75. The van der Waals surface area contributed by atoms with Crippen LogP contribution in [-0.2, 0) is 18.3 Å². The minimum Gasteiger partial charge on any atom is -0.480 e. The summed E-state index contributed by atoms with van der Waals surface area (Å²) in [5, 5.41) is 13.3. The summed E-state index contributed by atoms with van der Waals surface area (Å²) in [6.07, 6.45) is 2.31. The van der Waals surface area contributed by atoms with Crippen molar-refractivity contribution >= 4 is 23.6 Å². The summed E-state index contributed by atoms with van der Waals surface area (Å²) < 4.78 is 1.59. The average Bonchev–Trinajstić information content (AvgIpc) is 2.93. The first-order chi connectivity index (χ1) is 8.54. The molecule has 2 heterocycles. The second kappa shape index (κ2) is 5.01. The Bertz CT molecular complexity index is 486. The Morgan fingerprint density at radius 1 is 1.61 bits per heavy atom. The lowest BCUT2D eigenvalue weighted by molar-refractivity contribution is -0.140. The molecule has 1 unspecified atom stereocenters. The predicted molar refractivity (Wildman–Crippen MR) is 67.5 cm³/mol. The van der Waals surface area contributed by atoms with Crippen LogP contribution in [0.2, 0.25) is 0 Å². The standard InChI is InChI=1S/C11H15N3O3S/c1-3-8-7(4-13(2)12-8)10(15)14-6-18-5-9(14)11(16)17/h4,9H,3,5-6H2,1-2H3,(H,16,17). The van der Waals surface area contributed by atoms with Crippen LogP contribution in [0.15, 0.2) is 6.20 Å². The lowest BCUT2D eigenvalue weighted by Gasteiger charge is -2.20. The minimum absolute atomic E-state index is 0.239. The number of nitrogens with zero attached hydrogens (tertiary/aromatic N) is 3. The van der Waals surface area contributed by atoms with Crippen molar-refractivity contribution in [3.63, 3.8) is 0 Å². The second-order valence-corrected chi connectivity index (χ2v) is 5.15. The van der Waals surface area contributed by atoms with Crippen molar-refractivity contribution in [3.05, 3.63) is 17.5 Å². The number of carboxylic acids is 1. The highest BCUT2D eigenvalue weighted by molar-refractivity contribution is 7.99. The summed E-state index contributed by atoms with van der Waals surface area (Å²) in [6.45, 7) is 1.92. The Balaban J connectivity index is 2.27. The van der Waals surface area contributed by atoms with Gasteiger partial charge in [0.2, 0.25) is 0 Å². The molecule has 6 nitrogen and oxygen atoms in total. The molecule has 98 valence electrons. The average molecular weight is 269 g/mol. The van der Waals surface area contributed by atoms with E-state index in [1.165, 1.54) is 16.7 Å². The third kappa shape index (κ3) is 2.22. The van der Waals surface area contributed by atoms with Gasteiger partial charge in [-0.2, -0.15) is 5.10 Å². The molecule has 0 radical (unpaired) electrons. The van der Waals surface area contributed by atoms with E-state index in [0.717, 1.165) is 0 Å². The number of carbonyl (C=O) groups is 2. The quantitative estimate of drug-likeness (QED) is 0.869. The molecule has 1 atom stereocenters. The first kappa shape index (κ1) is 12.9. The molecule has 1 amide bonds. The molecule has 7 heteroatoms. The fraction of sp³-hybridized carbons (Fsp3) is 0.545. The highest BCUT2D eigenvalue weighted by Gasteiger charge is 2.36. The fourth-order valence-electron chi connectivity index (χ4n) is 1.98. The van der Waals surface area contributed by atoms with Crippen molar-refractivity contribution in [1.29, 1.82) is 0 Å². The van der Waals surface area contributed by atoms with Crippen LogP contribution in [0.3, 0.4) is 0 Å². The molecule has 0 spiro atoms. The lowest BCUT2D eigenvalue weighted by atomic mass is 10.1. The largest absolute Gasteiger partial charge is 0.480 e. The Morgan fingerprint density at radius 2 is 2.33 bits per heavy atom. The maximum Gasteiger partial charge on any atom is 0.327 e. The van der Waals surface area contributed by atoms with Crippen LogP contribution in [0.5, 0.6) is 0 Å². The van der Waals surface area contributed by atoms with Gasteiger partial charge < -0.3 is 10.0 Å². The molecule has 2 rings (SSSR count). The molecular weight excluding hydrogens is 254 g/mol. The van der Waals surface area contributed by atoms with E-state index in [1.807, 2.05) is 6.92 Å². The van der Waals surface area contributed by atoms with Gasteiger partial charge in [0.05, 0.1) is 17.1 Å². The molecule has 1 aromatic rings. The van der Waals surface area contributed by atoms with E-state index < -0.39 is 12.0 Å². The van der Waals surface area contributed by atoms with Gasteiger partial charge in [0.1, 0.15) is 6.04 Å². The van der Waals surface area contributed by atoms with Crippen molar-refractivity contribution < 1.29 is 14.7 Å². The minimum atomic E-state index is -0.949. The SMILES string of the molecule is CCc1nn(C)cc1C(=O)N1CSCC1C(=O)O. The van der Waals surface area contributed by atoms with E-state index >= 15 is 0 Å². The highest BCUT2D eigenvalue weighted by atomic mass is 32.2. The fourth-order valence-corrected chi connectivity index (χ4v) is 3.12. The van der Waals surface area contributed by atoms with E-state index in [1.54, 1.807) is 17.9 Å². The second-order valence-electron chi connectivity index (χ2n) is 4.15. The van der Waals surface area contributed by atoms with E-state index in [4.69, 9.17) is 5.11 Å². The summed E-state index contributed by atoms with van der Waals surface area (Å²) in [5.74, 6) is -0.316. The summed E-state index contributed by atoms with van der Waals surface area (Å²) in [6, 6.07) is -0.729. The van der Waals surface area contributed by atoms with E-state index in [-0.39, 0.29) is 5.91 Å². The zero-order chi connectivity index (χ0) is 13.3. The number of aryl methyl sites for hydroxylation is 2. The van der Waals surface area contributed by atoms with Gasteiger partial charge in [0, 0.05) is 19.0 Å². The van der Waals surface area contributed by atoms with Gasteiger partial charge in [-0.3, -0.25) is 9.48 Å². The molecule has 18 heavy (non-hydrogen) atoms. The molecule has 0 aromatic carbocycles. The summed E-state index contributed by atoms with van der Waals surface area (Å²) in [5.41, 5.74) is 1.22. The number of thioether (sulfide) groups is 1. The number of rotatable bonds is 3. The van der Waals surface area contributed by atoms with Crippen LogP contribution < -0.4 is 0 Å². The Kier molecular flexibility index (Phi) is 3.60. The van der Waals surface area contributed by atoms with Crippen LogP contribution >= 0.6 is 11.8 Å². The maximum atomic E-state index is 12.4. The van der Waals surface area contributed by atoms with Crippen molar-refractivity contribution in [2.45, 2.75) is 19.4 Å². The van der Waals surface area contributed by atoms with Crippen LogP contribution in [0.1, 0.15) is 23.0 Å². The number of amides is 1. The van der Waals surface area contributed by atoms with Gasteiger partial charge in [-0.05, 0) is 6.42 Å². The third-order valence-corrected chi connectivity index (χ3v) is 3.91. The smallest absolute Gasteiger partial charge is 0.327 e. The molecule has 1 aromatic heterocycles. The predicted octanol–water partition coefficient (Wildman–Crippen LogP) is 0.582. The lowest BCUT2D eigenvalue weighted by Crippen LogP contribution is -2.41. The van der Waals surface area contributed by atoms with E-state index in [0.29, 0.717) is 29.3 Å². The monoisotopic (exact) mass is 269 g/mol. The van der Waals surface area contributed by atoms with Crippen molar-refractivity contribution in [1.82, 2.24) is 14.7 Å². The normalized spacial score (nSPS) is 19.2. The van der Waals surface area contributed by atoms with Gasteiger partial charge in [0.15, 0.2) is 0 Å². The molecule has 1 saturated heterocycles. The maximum absolute atomic E-state index is 12.4. The van der Waals surface area contributed by atoms with Crippen molar-refractivity contribution in [2.24, 2.45) is 7.05 Å². The zero-order valence-corrected chi connectivity index (χ0v) is 11.1. The number of carboxylic acid groups (broad SMARTS) is 1. The van der Waals surface area contributed by atoms with Gasteiger partial charge in [-0.1, -0.05) is 6.92 Å². The molecule has 1 fully saturated rings. The number of aliphatic carboxylic acids is 1. The summed E-state index contributed by atoms with van der Waals surface area (Å²) >= 11 is 1.46. The molecule has 0 aliphatic carbocycles. The molecule has 0 bridgehead atoms. The first-order valence-electron chi connectivity index (χ1n) is 5.68. The first-order valence-corrected chi connectivity index (χ1v) is 6.84. The van der Waals surface area contributed by atoms with Crippen LogP contribution in [0, 0.1) is 0 Å². The molecule has 0 saturated carbocycles. The van der Waals surface area contributed by atoms with Crippen LogP contribution in [0.4, 0.5) is 0 Å². The van der Waals surface area contributed by atoms with Crippen molar-refractivity contribution in [3.8, 4) is 0 Å². The Morgan fingerprint density at radius 3 is 2.94 bits per heavy atom. The third-order valence-electron chi connectivity index (χ3n) is 2.90. The van der Waals surface area contributed by atoms with Gasteiger partial charge in [-0.25, -0.2) is 4.79 Å². The van der Waals surface area contributed by atoms with E-state index in [2.05, 4.69) is 5.10 Å². The zero-order valence-electron chi connectivity index (χ0n) is 10.3. The molecular formula is C11H15N3O3S. The van der Waals surface area contributed by atoms with Crippen molar-refractivity contribution in [2.75, 3.05) is 11.6 Å². The van der Waals surface area contributed by atoms with Crippen LogP contribution in [-0.4, -0.2) is 49.3 Å². The van der Waals surface area contributed by atoms with Gasteiger partial charge in [0.25, 0.3) is 5.91 Å². The molecule has 1 aliphatic rings. The summed E-state index contributed by atoms with van der Waals surface area (Å²) in [4.78, 5) is 24.8. The molecule has 1 N–H and O–H groups in total. The van der Waals surface area contributed by atoms with Gasteiger partial charge >= 0.3 is 5.97 Å². The topological polar surface area (TPSA) is 75.4 Å². The number of hydrogen-bond donors (Lipinski definition) is 1. The number of aromatic nitrogens is 2. The van der Waals surface area contributed by atoms with E-state index in [9.17, 15) is 9.59 Å². The number of carbonyl (C=O) groups excluding carboxylic acids is 1. The highest BCUT2D eigenvalue weighted by Crippen LogP contribution is 2.24. The number of hydrogen-bond acceptors (Lipinski definition) is 4.